The number of nitrogens with one attached hydrogen (secondary N) is 1. The van der Waals surface area contributed by atoms with E-state index in [1.165, 1.54) is 6.92 Å². The fraction of sp³-hybridized carbons (Fsp3) is 0.222. The van der Waals surface area contributed by atoms with Crippen molar-refractivity contribution in [1.82, 2.24) is 0 Å². The van der Waals surface area contributed by atoms with Crippen molar-refractivity contribution in [1.29, 1.82) is 0 Å². The highest BCUT2D eigenvalue weighted by atomic mass is 35.5. The van der Waals surface area contributed by atoms with Crippen LogP contribution in [-0.4, -0.2) is 25.0 Å². The molecule has 6 heteroatoms. The second-order valence-corrected chi connectivity index (χ2v) is 5.93. The van der Waals surface area contributed by atoms with Gasteiger partial charge in [0.25, 0.3) is 0 Å². The lowest BCUT2D eigenvalue weighted by atomic mass is 10.1. The lowest BCUT2D eigenvalue weighted by Gasteiger charge is -2.29. The monoisotopic (exact) mass is 344 g/mol. The number of nitrogens with zero attached hydrogens (tertiary/aromatic N) is 1. The number of carbonyl (C=O) groups excluding carboxylic acids is 2. The van der Waals surface area contributed by atoms with E-state index in [1.54, 1.807) is 29.2 Å². The minimum absolute atomic E-state index is 0.0564. The number of halogens is 1. The van der Waals surface area contributed by atoms with Gasteiger partial charge in [0.1, 0.15) is 12.4 Å². The van der Waals surface area contributed by atoms with E-state index in [-0.39, 0.29) is 18.2 Å². The smallest absolute Gasteiger partial charge is 0.228 e. The van der Waals surface area contributed by atoms with Crippen LogP contribution in [0.3, 0.4) is 0 Å². The van der Waals surface area contributed by atoms with Crippen LogP contribution in [0.2, 0.25) is 5.02 Å². The highest BCUT2D eigenvalue weighted by Crippen LogP contribution is 2.34. The van der Waals surface area contributed by atoms with Crippen molar-refractivity contribution in [3.05, 3.63) is 53.1 Å². The van der Waals surface area contributed by atoms with Gasteiger partial charge in [0.2, 0.25) is 11.8 Å². The maximum atomic E-state index is 12.2. The van der Waals surface area contributed by atoms with Gasteiger partial charge in [-0.15, -0.1) is 0 Å². The minimum Gasteiger partial charge on any atom is -0.490 e. The van der Waals surface area contributed by atoms with Crippen LogP contribution in [0.15, 0.2) is 42.5 Å². The average Bonchev–Trinajstić information content (AvgIpc) is 2.56. The molecule has 2 amide bonds. The van der Waals surface area contributed by atoms with Crippen LogP contribution in [-0.2, 0) is 16.0 Å². The van der Waals surface area contributed by atoms with Crippen LogP contribution >= 0.6 is 11.6 Å². The third-order valence-electron chi connectivity index (χ3n) is 3.79. The Morgan fingerprint density at radius 3 is 2.79 bits per heavy atom. The number of carbonyl (C=O) groups is 2. The van der Waals surface area contributed by atoms with Gasteiger partial charge in [0.15, 0.2) is 0 Å². The van der Waals surface area contributed by atoms with Crippen LogP contribution in [0.4, 0.5) is 11.4 Å². The molecule has 0 spiro atoms. The molecule has 124 valence electrons. The van der Waals surface area contributed by atoms with Crippen LogP contribution in [0, 0.1) is 0 Å². The SMILES string of the molecule is CC(=O)N1CCOc2ccc(NC(=O)Cc3ccccc3Cl)cc21. The summed E-state index contributed by atoms with van der Waals surface area (Å²) in [5.74, 6) is 0.411. The van der Waals surface area contributed by atoms with E-state index in [0.717, 1.165) is 5.56 Å². The summed E-state index contributed by atoms with van der Waals surface area (Å²) >= 11 is 6.08. The van der Waals surface area contributed by atoms with Crippen molar-refractivity contribution >= 4 is 34.8 Å². The molecule has 0 bridgehead atoms. The summed E-state index contributed by atoms with van der Waals surface area (Å²) in [6.07, 6.45) is 0.184. The van der Waals surface area contributed by atoms with Crippen molar-refractivity contribution in [2.45, 2.75) is 13.3 Å². The van der Waals surface area contributed by atoms with Gasteiger partial charge >= 0.3 is 0 Å². The van der Waals surface area contributed by atoms with Crippen LogP contribution in [0.5, 0.6) is 5.75 Å². The van der Waals surface area contributed by atoms with Gasteiger partial charge in [-0.1, -0.05) is 29.8 Å². The molecule has 2 aromatic rings. The van der Waals surface area contributed by atoms with Gasteiger partial charge in [-0.2, -0.15) is 0 Å². The van der Waals surface area contributed by atoms with E-state index in [0.29, 0.717) is 35.3 Å². The predicted molar refractivity (Wildman–Crippen MR) is 93.7 cm³/mol. The van der Waals surface area contributed by atoms with E-state index in [2.05, 4.69) is 5.32 Å². The molecule has 0 saturated heterocycles. The third-order valence-corrected chi connectivity index (χ3v) is 4.16. The standard InChI is InChI=1S/C18H17ClN2O3/c1-12(22)21-8-9-24-17-7-6-14(11-16(17)21)20-18(23)10-13-4-2-3-5-15(13)19/h2-7,11H,8-10H2,1H3,(H,20,23). The summed E-state index contributed by atoms with van der Waals surface area (Å²) < 4.78 is 5.55. The fourth-order valence-electron chi connectivity index (χ4n) is 2.64. The van der Waals surface area contributed by atoms with Crippen molar-refractivity contribution in [2.75, 3.05) is 23.4 Å². The molecule has 1 N–H and O–H groups in total. The summed E-state index contributed by atoms with van der Waals surface area (Å²) in [5.41, 5.74) is 2.05. The van der Waals surface area contributed by atoms with E-state index in [9.17, 15) is 9.59 Å². The molecular weight excluding hydrogens is 328 g/mol. The Labute approximate surface area is 145 Å². The topological polar surface area (TPSA) is 58.6 Å². The number of hydrogen-bond acceptors (Lipinski definition) is 3. The highest BCUT2D eigenvalue weighted by Gasteiger charge is 2.21. The van der Waals surface area contributed by atoms with Gasteiger partial charge in [-0.25, -0.2) is 0 Å². The summed E-state index contributed by atoms with van der Waals surface area (Å²) in [6.45, 7) is 2.47. The summed E-state index contributed by atoms with van der Waals surface area (Å²) in [5, 5.41) is 3.40. The van der Waals surface area contributed by atoms with Gasteiger partial charge < -0.3 is 15.0 Å². The number of rotatable bonds is 3. The molecule has 1 aliphatic heterocycles. The van der Waals surface area contributed by atoms with E-state index >= 15 is 0 Å². The number of hydrogen-bond donors (Lipinski definition) is 1. The average molecular weight is 345 g/mol. The quantitative estimate of drug-likeness (QED) is 0.929. The zero-order chi connectivity index (χ0) is 17.1. The molecule has 2 aromatic carbocycles. The summed E-state index contributed by atoms with van der Waals surface area (Å²) in [6, 6.07) is 12.5. The Balaban J connectivity index is 1.76. The van der Waals surface area contributed by atoms with Gasteiger partial charge in [0.05, 0.1) is 18.7 Å². The van der Waals surface area contributed by atoms with Gasteiger partial charge in [0, 0.05) is 17.6 Å². The molecule has 0 aromatic heterocycles. The van der Waals surface area contributed by atoms with Crippen LogP contribution < -0.4 is 15.0 Å². The molecule has 5 nitrogen and oxygen atoms in total. The molecule has 24 heavy (non-hydrogen) atoms. The van der Waals surface area contributed by atoms with E-state index in [4.69, 9.17) is 16.3 Å². The molecule has 3 rings (SSSR count). The molecule has 0 atom stereocenters. The molecule has 0 aliphatic carbocycles. The zero-order valence-electron chi connectivity index (χ0n) is 13.2. The highest BCUT2D eigenvalue weighted by molar-refractivity contribution is 6.31. The molecule has 1 heterocycles. The maximum absolute atomic E-state index is 12.2. The normalized spacial score (nSPS) is 13.0. The molecular formula is C18H17ClN2O3. The molecule has 0 saturated carbocycles. The lowest BCUT2D eigenvalue weighted by molar-refractivity contribution is -0.117. The fourth-order valence-corrected chi connectivity index (χ4v) is 2.84. The number of benzene rings is 2. The first-order chi connectivity index (χ1) is 11.5. The van der Waals surface area contributed by atoms with E-state index in [1.807, 2.05) is 18.2 Å². The Morgan fingerprint density at radius 1 is 1.25 bits per heavy atom. The molecule has 0 fully saturated rings. The Bertz CT molecular complexity index is 792. The Morgan fingerprint density at radius 2 is 2.04 bits per heavy atom. The molecule has 0 unspecified atom stereocenters. The third kappa shape index (κ3) is 3.51. The number of fused-ring (bicyclic) bond motifs is 1. The second-order valence-electron chi connectivity index (χ2n) is 5.52. The Kier molecular flexibility index (Phi) is 4.71. The van der Waals surface area contributed by atoms with Crippen LogP contribution in [0.1, 0.15) is 12.5 Å². The number of anilines is 2. The zero-order valence-corrected chi connectivity index (χ0v) is 14.0. The molecule has 1 aliphatic rings. The number of ether oxygens (including phenoxy) is 1. The summed E-state index contributed by atoms with van der Waals surface area (Å²) in [4.78, 5) is 25.6. The first-order valence-electron chi connectivity index (χ1n) is 7.63. The van der Waals surface area contributed by atoms with Crippen molar-refractivity contribution in [3.63, 3.8) is 0 Å². The van der Waals surface area contributed by atoms with Crippen molar-refractivity contribution in [3.8, 4) is 5.75 Å². The number of amides is 2. The first-order valence-corrected chi connectivity index (χ1v) is 8.00. The minimum atomic E-state index is -0.172. The molecule has 0 radical (unpaired) electrons. The predicted octanol–water partition coefficient (Wildman–Crippen LogP) is 3.27. The Hall–Kier alpha value is -2.53. The summed E-state index contributed by atoms with van der Waals surface area (Å²) in [7, 11) is 0. The second kappa shape index (κ2) is 6.93. The maximum Gasteiger partial charge on any atom is 0.228 e. The van der Waals surface area contributed by atoms with Crippen LogP contribution in [0.25, 0.3) is 0 Å². The van der Waals surface area contributed by atoms with Gasteiger partial charge in [-0.3, -0.25) is 9.59 Å². The van der Waals surface area contributed by atoms with E-state index < -0.39 is 0 Å². The van der Waals surface area contributed by atoms with Crippen molar-refractivity contribution < 1.29 is 14.3 Å². The lowest BCUT2D eigenvalue weighted by Crippen LogP contribution is -2.36. The van der Waals surface area contributed by atoms with Gasteiger partial charge in [-0.05, 0) is 29.8 Å². The largest absolute Gasteiger partial charge is 0.490 e. The van der Waals surface area contributed by atoms with Crippen molar-refractivity contribution in [2.24, 2.45) is 0 Å². The first kappa shape index (κ1) is 16.3.